The van der Waals surface area contributed by atoms with Crippen LogP contribution in [0.5, 0.6) is 0 Å². The first kappa shape index (κ1) is 18.3. The fourth-order valence-electron chi connectivity index (χ4n) is 1.93. The van der Waals surface area contributed by atoms with Crippen molar-refractivity contribution in [2.24, 2.45) is 5.16 Å². The number of benzene rings is 1. The highest BCUT2D eigenvalue weighted by molar-refractivity contribution is 7.97. The third kappa shape index (κ3) is 3.24. The summed E-state index contributed by atoms with van der Waals surface area (Å²) in [6, 6.07) is 3.77. The highest BCUT2D eigenvalue weighted by Crippen LogP contribution is 2.35. The van der Waals surface area contributed by atoms with E-state index in [1.54, 1.807) is 0 Å². The maximum atomic E-state index is 14.7. The summed E-state index contributed by atoms with van der Waals surface area (Å²) < 4.78 is 67.1. The zero-order chi connectivity index (χ0) is 18.2. The van der Waals surface area contributed by atoms with Gasteiger partial charge in [-0.05, 0) is 44.2 Å². The molecule has 1 aliphatic rings. The predicted octanol–water partition coefficient (Wildman–Crippen LogP) is 2.34. The minimum absolute atomic E-state index is 0.300. The maximum absolute atomic E-state index is 14.7. The summed E-state index contributed by atoms with van der Waals surface area (Å²) in [5, 5.41) is -2.09. The average Bonchev–Trinajstić information content (AvgIpc) is 2.86. The number of alkyl halides is 2. The van der Waals surface area contributed by atoms with Gasteiger partial charge in [-0.2, -0.15) is 8.78 Å². The molecule has 1 aliphatic heterocycles. The van der Waals surface area contributed by atoms with Crippen molar-refractivity contribution in [1.29, 1.82) is 0 Å². The number of rotatable bonds is 5. The molecule has 1 aromatic carbocycles. The standard InChI is InChI=1S/C14H15F3N2O4S/c1-13(2)8-11(18-23-13)24(20,21)14(16,17)12(19-22-3)9-4-6-10(15)7-5-9/h4-8,18H,1-3H3. The number of hydrogen-bond donors (Lipinski definition) is 1. The smallest absolute Gasteiger partial charge is 0.396 e. The average molecular weight is 364 g/mol. The molecule has 6 nitrogen and oxygen atoms in total. The van der Waals surface area contributed by atoms with Gasteiger partial charge in [0.1, 0.15) is 18.5 Å². The van der Waals surface area contributed by atoms with Gasteiger partial charge in [-0.1, -0.05) is 5.16 Å². The van der Waals surface area contributed by atoms with E-state index >= 15 is 0 Å². The third-order valence-corrected chi connectivity index (χ3v) is 4.74. The molecule has 2 rings (SSSR count). The van der Waals surface area contributed by atoms with E-state index in [1.807, 2.05) is 5.48 Å². The Balaban J connectivity index is 2.53. The lowest BCUT2D eigenvalue weighted by Gasteiger charge is -2.19. The number of hydroxylamine groups is 1. The number of sulfone groups is 1. The lowest BCUT2D eigenvalue weighted by Crippen LogP contribution is -2.41. The molecule has 0 amide bonds. The molecule has 1 heterocycles. The molecule has 0 fully saturated rings. The number of halogens is 3. The van der Waals surface area contributed by atoms with Gasteiger partial charge in [0.15, 0.2) is 10.7 Å². The van der Waals surface area contributed by atoms with Crippen LogP contribution >= 0.6 is 0 Å². The molecular weight excluding hydrogens is 349 g/mol. The van der Waals surface area contributed by atoms with Crippen molar-refractivity contribution in [3.63, 3.8) is 0 Å². The molecule has 0 radical (unpaired) electrons. The fraction of sp³-hybridized carbons (Fsp3) is 0.357. The van der Waals surface area contributed by atoms with Gasteiger partial charge in [0.05, 0.1) is 0 Å². The van der Waals surface area contributed by atoms with Crippen LogP contribution in [0.2, 0.25) is 0 Å². The van der Waals surface area contributed by atoms with Crippen LogP contribution in [0.4, 0.5) is 13.2 Å². The minimum atomic E-state index is -5.20. The summed E-state index contributed by atoms with van der Waals surface area (Å²) in [4.78, 5) is 9.27. The van der Waals surface area contributed by atoms with Crippen molar-refractivity contribution >= 4 is 15.5 Å². The van der Waals surface area contributed by atoms with Crippen LogP contribution in [0.15, 0.2) is 40.5 Å². The highest BCUT2D eigenvalue weighted by Gasteiger charge is 2.55. The second-order valence-corrected chi connectivity index (χ2v) is 7.43. The molecule has 0 atom stereocenters. The van der Waals surface area contributed by atoms with Crippen molar-refractivity contribution < 1.29 is 31.3 Å². The van der Waals surface area contributed by atoms with Crippen LogP contribution in [0.25, 0.3) is 0 Å². The van der Waals surface area contributed by atoms with Gasteiger partial charge in [0.25, 0.3) is 9.84 Å². The van der Waals surface area contributed by atoms with Crippen LogP contribution < -0.4 is 5.48 Å². The largest absolute Gasteiger partial charge is 0.399 e. The molecule has 1 aromatic rings. The lowest BCUT2D eigenvalue weighted by molar-refractivity contribution is -0.0133. The van der Waals surface area contributed by atoms with Crippen LogP contribution in [0, 0.1) is 5.82 Å². The Bertz CT molecular complexity index is 787. The van der Waals surface area contributed by atoms with E-state index in [4.69, 9.17) is 4.84 Å². The first-order valence-corrected chi connectivity index (χ1v) is 8.16. The molecule has 0 aliphatic carbocycles. The molecule has 0 bridgehead atoms. The summed E-state index contributed by atoms with van der Waals surface area (Å²) in [5.74, 6) is -0.669. The molecular formula is C14H15F3N2O4S. The monoisotopic (exact) mass is 364 g/mol. The zero-order valence-corrected chi connectivity index (χ0v) is 13.8. The Kier molecular flexibility index (Phi) is 4.64. The van der Waals surface area contributed by atoms with E-state index in [9.17, 15) is 21.6 Å². The van der Waals surface area contributed by atoms with Gasteiger partial charge < -0.3 is 4.84 Å². The van der Waals surface area contributed by atoms with E-state index in [-0.39, 0.29) is 5.56 Å². The van der Waals surface area contributed by atoms with E-state index in [0.29, 0.717) is 0 Å². The fourth-order valence-corrected chi connectivity index (χ4v) is 3.20. The normalized spacial score (nSPS) is 18.1. The van der Waals surface area contributed by atoms with Gasteiger partial charge in [-0.25, -0.2) is 12.8 Å². The summed E-state index contributed by atoms with van der Waals surface area (Å²) in [6.07, 6.45) is 1.02. The van der Waals surface area contributed by atoms with Crippen LogP contribution in [0.1, 0.15) is 19.4 Å². The highest BCUT2D eigenvalue weighted by atomic mass is 32.2. The van der Waals surface area contributed by atoms with E-state index < -0.39 is 37.3 Å². The summed E-state index contributed by atoms with van der Waals surface area (Å²) >= 11 is 0. The van der Waals surface area contributed by atoms with Gasteiger partial charge in [-0.3, -0.25) is 10.3 Å². The summed E-state index contributed by atoms with van der Waals surface area (Å²) in [6.45, 7) is 2.98. The molecule has 0 saturated carbocycles. The first-order valence-electron chi connectivity index (χ1n) is 6.68. The van der Waals surface area contributed by atoms with Gasteiger partial charge in [0, 0.05) is 5.56 Å². The molecule has 0 aromatic heterocycles. The first-order chi connectivity index (χ1) is 11.0. The third-order valence-electron chi connectivity index (χ3n) is 3.10. The molecule has 0 spiro atoms. The quantitative estimate of drug-likeness (QED) is 0.641. The van der Waals surface area contributed by atoms with Gasteiger partial charge in [-0.15, -0.1) is 0 Å². The second kappa shape index (κ2) is 6.10. The molecule has 24 heavy (non-hydrogen) atoms. The summed E-state index contributed by atoms with van der Waals surface area (Å²) in [5.41, 5.74) is -0.558. The SMILES string of the molecule is CON=C(c1ccc(F)cc1)C(F)(F)S(=O)(=O)C1=CC(C)(C)ON1. The van der Waals surface area contributed by atoms with Crippen molar-refractivity contribution in [2.45, 2.75) is 24.7 Å². The Morgan fingerprint density at radius 3 is 2.33 bits per heavy atom. The van der Waals surface area contributed by atoms with E-state index in [0.717, 1.165) is 37.5 Å². The summed E-state index contributed by atoms with van der Waals surface area (Å²) in [7, 11) is -4.21. The Labute approximate surface area is 136 Å². The molecule has 0 saturated heterocycles. The molecule has 132 valence electrons. The van der Waals surface area contributed by atoms with Crippen molar-refractivity contribution in [3.05, 3.63) is 46.8 Å². The van der Waals surface area contributed by atoms with Crippen LogP contribution in [-0.4, -0.2) is 32.1 Å². The Morgan fingerprint density at radius 2 is 1.88 bits per heavy atom. The van der Waals surface area contributed by atoms with Gasteiger partial charge in [0.2, 0.25) is 0 Å². The molecule has 10 heteroatoms. The van der Waals surface area contributed by atoms with Crippen molar-refractivity contribution in [3.8, 4) is 0 Å². The van der Waals surface area contributed by atoms with Crippen molar-refractivity contribution in [1.82, 2.24) is 5.48 Å². The van der Waals surface area contributed by atoms with Crippen LogP contribution in [-0.2, 0) is 19.5 Å². The second-order valence-electron chi connectivity index (χ2n) is 5.47. The maximum Gasteiger partial charge on any atom is 0.396 e. The van der Waals surface area contributed by atoms with E-state index in [1.165, 1.54) is 13.8 Å². The minimum Gasteiger partial charge on any atom is -0.399 e. The molecule has 1 N–H and O–H groups in total. The van der Waals surface area contributed by atoms with Crippen molar-refractivity contribution in [2.75, 3.05) is 7.11 Å². The zero-order valence-electron chi connectivity index (χ0n) is 13.0. The number of nitrogens with zero attached hydrogens (tertiary/aromatic N) is 1. The number of oxime groups is 1. The van der Waals surface area contributed by atoms with E-state index in [2.05, 4.69) is 9.99 Å². The van der Waals surface area contributed by atoms with Crippen LogP contribution in [0.3, 0.4) is 0 Å². The lowest BCUT2D eigenvalue weighted by atomic mass is 10.1. The molecule has 0 unspecified atom stereocenters. The Hall–Kier alpha value is -2.07. The number of hydrogen-bond acceptors (Lipinski definition) is 6. The topological polar surface area (TPSA) is 77.0 Å². The van der Waals surface area contributed by atoms with Gasteiger partial charge >= 0.3 is 5.25 Å². The predicted molar refractivity (Wildman–Crippen MR) is 80.2 cm³/mol. The number of nitrogens with one attached hydrogen (secondary N) is 1. The Morgan fingerprint density at radius 1 is 1.29 bits per heavy atom.